The number of rotatable bonds is 14. The SMILES string of the molecule is NC(N)=NCCC[C@@H](NC(=O)C(c1ccccc1)c1ccccc1)C(=O)NCc1ccc(CNc2ncc[nH]2)cc1.O=C(O)C(F)(F)F. The van der Waals surface area contributed by atoms with Gasteiger partial charge in [0.1, 0.15) is 6.04 Å². The second kappa shape index (κ2) is 18.3. The highest BCUT2D eigenvalue weighted by molar-refractivity contribution is 5.92. The molecule has 0 spiro atoms. The maximum Gasteiger partial charge on any atom is 0.490 e. The molecule has 4 aromatic rings. The van der Waals surface area contributed by atoms with Crippen molar-refractivity contribution in [1.29, 1.82) is 0 Å². The number of aliphatic imine (C=N–C) groups is 1. The van der Waals surface area contributed by atoms with E-state index >= 15 is 0 Å². The first-order valence-corrected chi connectivity index (χ1v) is 14.8. The van der Waals surface area contributed by atoms with Gasteiger partial charge in [-0.1, -0.05) is 84.9 Å². The molecule has 48 heavy (non-hydrogen) atoms. The molecule has 0 radical (unpaired) electrons. The number of aliphatic carboxylic acids is 1. The molecule has 1 atom stereocenters. The van der Waals surface area contributed by atoms with Crippen LogP contribution in [0.25, 0.3) is 0 Å². The normalized spacial score (nSPS) is 11.4. The summed E-state index contributed by atoms with van der Waals surface area (Å²) < 4.78 is 31.7. The lowest BCUT2D eigenvalue weighted by Gasteiger charge is -2.23. The number of halogens is 3. The number of aromatic nitrogens is 2. The van der Waals surface area contributed by atoms with Crippen molar-refractivity contribution in [3.63, 3.8) is 0 Å². The van der Waals surface area contributed by atoms with Crippen molar-refractivity contribution in [2.45, 2.75) is 44.1 Å². The summed E-state index contributed by atoms with van der Waals surface area (Å²) in [5.41, 5.74) is 14.6. The molecule has 0 fully saturated rings. The minimum Gasteiger partial charge on any atom is -0.475 e. The first kappa shape index (κ1) is 36.6. The Bertz CT molecular complexity index is 1560. The predicted molar refractivity (Wildman–Crippen MR) is 174 cm³/mol. The number of guanidine groups is 1. The Morgan fingerprint density at radius 1 is 0.854 bits per heavy atom. The standard InChI is InChI=1S/C31H36N8O2.C2HF3O2/c32-30(33)34-17-7-12-26(39-29(41)27(24-8-3-1-4-9-24)25-10-5-2-6-11-25)28(40)37-20-22-13-15-23(16-14-22)21-38-31-35-18-19-36-31;3-2(4,5)1(6)7/h1-6,8-11,13-16,18-19,26-27H,7,12,17,20-21H2,(H,37,40)(H,39,41)(H4,32,33,34)(H2,35,36,38);(H,6,7)/t26-;/m1./s1. The van der Waals surface area contributed by atoms with E-state index in [-0.39, 0.29) is 17.8 Å². The zero-order valence-electron chi connectivity index (χ0n) is 25.8. The molecule has 1 heterocycles. The van der Waals surface area contributed by atoms with Crippen LogP contribution in [0, 0.1) is 0 Å². The predicted octanol–water partition coefficient (Wildman–Crippen LogP) is 3.64. The number of H-pyrrole nitrogens is 1. The van der Waals surface area contributed by atoms with Crippen molar-refractivity contribution in [3.8, 4) is 0 Å². The smallest absolute Gasteiger partial charge is 0.475 e. The number of anilines is 1. The molecule has 4 rings (SSSR count). The molecule has 0 bridgehead atoms. The first-order valence-electron chi connectivity index (χ1n) is 14.8. The van der Waals surface area contributed by atoms with E-state index in [0.717, 1.165) is 22.3 Å². The molecule has 0 unspecified atom stereocenters. The molecule has 9 N–H and O–H groups in total. The van der Waals surface area contributed by atoms with E-state index in [2.05, 4.69) is 30.9 Å². The summed E-state index contributed by atoms with van der Waals surface area (Å²) in [7, 11) is 0. The number of carboxylic acids is 1. The van der Waals surface area contributed by atoms with Gasteiger partial charge in [-0.25, -0.2) is 9.78 Å². The Hall–Kier alpha value is -5.86. The van der Waals surface area contributed by atoms with Crippen molar-refractivity contribution in [1.82, 2.24) is 20.6 Å². The van der Waals surface area contributed by atoms with E-state index in [4.69, 9.17) is 21.4 Å². The molecule has 0 aliphatic heterocycles. The van der Waals surface area contributed by atoms with Crippen LogP contribution in [0.15, 0.2) is 102 Å². The first-order chi connectivity index (χ1) is 22.9. The topological polar surface area (TPSA) is 201 Å². The number of alkyl halides is 3. The molecule has 0 saturated heterocycles. The highest BCUT2D eigenvalue weighted by Gasteiger charge is 2.38. The largest absolute Gasteiger partial charge is 0.490 e. The van der Waals surface area contributed by atoms with Crippen LogP contribution < -0.4 is 27.4 Å². The molecule has 0 saturated carbocycles. The Balaban J connectivity index is 0.000000804. The Morgan fingerprint density at radius 2 is 1.40 bits per heavy atom. The summed E-state index contributed by atoms with van der Waals surface area (Å²) in [5, 5.41) is 16.3. The fourth-order valence-corrected chi connectivity index (χ4v) is 4.45. The Labute approximate surface area is 274 Å². The monoisotopic (exact) mass is 666 g/mol. The van der Waals surface area contributed by atoms with Gasteiger partial charge in [-0.2, -0.15) is 13.2 Å². The quantitative estimate of drug-likeness (QED) is 0.0601. The summed E-state index contributed by atoms with van der Waals surface area (Å²) in [6.45, 7) is 1.30. The number of hydrogen-bond donors (Lipinski definition) is 7. The molecule has 12 nitrogen and oxygen atoms in total. The lowest BCUT2D eigenvalue weighted by molar-refractivity contribution is -0.192. The Morgan fingerprint density at radius 3 is 1.88 bits per heavy atom. The van der Waals surface area contributed by atoms with Gasteiger partial charge in [-0.3, -0.25) is 14.6 Å². The van der Waals surface area contributed by atoms with Crippen molar-refractivity contribution >= 4 is 29.7 Å². The van der Waals surface area contributed by atoms with E-state index in [1.54, 1.807) is 12.4 Å². The third-order valence-corrected chi connectivity index (χ3v) is 6.80. The number of imidazole rings is 1. The second-order valence-corrected chi connectivity index (χ2v) is 10.4. The van der Waals surface area contributed by atoms with Crippen LogP contribution in [0.1, 0.15) is 41.0 Å². The minimum atomic E-state index is -5.08. The van der Waals surface area contributed by atoms with Gasteiger partial charge >= 0.3 is 12.1 Å². The highest BCUT2D eigenvalue weighted by atomic mass is 19.4. The van der Waals surface area contributed by atoms with Gasteiger partial charge in [-0.15, -0.1) is 0 Å². The number of nitrogens with one attached hydrogen (secondary N) is 4. The van der Waals surface area contributed by atoms with E-state index in [1.165, 1.54) is 0 Å². The van der Waals surface area contributed by atoms with Gasteiger partial charge in [-0.05, 0) is 35.1 Å². The van der Waals surface area contributed by atoms with Crippen LogP contribution in [0.5, 0.6) is 0 Å². The fourth-order valence-electron chi connectivity index (χ4n) is 4.45. The summed E-state index contributed by atoms with van der Waals surface area (Å²) in [5.74, 6) is -3.15. The van der Waals surface area contributed by atoms with Crippen LogP contribution >= 0.6 is 0 Å². The average Bonchev–Trinajstić information content (AvgIpc) is 3.59. The minimum absolute atomic E-state index is 0.00827. The van der Waals surface area contributed by atoms with Crippen LogP contribution in [-0.2, 0) is 27.5 Å². The number of amides is 2. The van der Waals surface area contributed by atoms with Crippen molar-refractivity contribution in [3.05, 3.63) is 120 Å². The fraction of sp³-hybridized carbons (Fsp3) is 0.242. The number of nitrogens with two attached hydrogens (primary N) is 2. The summed E-state index contributed by atoms with van der Waals surface area (Å²) in [6, 6.07) is 26.2. The van der Waals surface area contributed by atoms with Crippen molar-refractivity contribution in [2.75, 3.05) is 11.9 Å². The van der Waals surface area contributed by atoms with E-state index in [0.29, 0.717) is 38.4 Å². The van der Waals surface area contributed by atoms with Crippen molar-refractivity contribution < 1.29 is 32.7 Å². The second-order valence-electron chi connectivity index (χ2n) is 10.4. The van der Waals surface area contributed by atoms with Gasteiger partial charge < -0.3 is 37.5 Å². The molecular formula is C33H37F3N8O4. The number of nitrogens with zero attached hydrogens (tertiary/aromatic N) is 2. The van der Waals surface area contributed by atoms with Crippen LogP contribution in [-0.4, -0.2) is 57.6 Å². The molecule has 1 aromatic heterocycles. The average molecular weight is 667 g/mol. The molecule has 3 aromatic carbocycles. The van der Waals surface area contributed by atoms with E-state index in [9.17, 15) is 22.8 Å². The summed E-state index contributed by atoms with van der Waals surface area (Å²) in [6.07, 6.45) is -0.737. The third kappa shape index (κ3) is 12.5. The molecule has 0 aliphatic carbocycles. The van der Waals surface area contributed by atoms with Crippen LogP contribution in [0.2, 0.25) is 0 Å². The lowest BCUT2D eigenvalue weighted by Crippen LogP contribution is -2.48. The van der Waals surface area contributed by atoms with Crippen LogP contribution in [0.4, 0.5) is 19.1 Å². The maximum absolute atomic E-state index is 13.7. The Kier molecular flexibility index (Phi) is 14.0. The van der Waals surface area contributed by atoms with Gasteiger partial charge in [0.2, 0.25) is 11.8 Å². The zero-order chi connectivity index (χ0) is 34.9. The third-order valence-electron chi connectivity index (χ3n) is 6.80. The van der Waals surface area contributed by atoms with Gasteiger partial charge in [0.25, 0.3) is 0 Å². The van der Waals surface area contributed by atoms with Crippen LogP contribution in [0.3, 0.4) is 0 Å². The van der Waals surface area contributed by atoms with Gasteiger partial charge in [0.15, 0.2) is 11.9 Å². The molecule has 15 heteroatoms. The molecule has 2 amide bonds. The number of carboxylic acid groups (broad SMARTS) is 1. The number of benzene rings is 3. The molecule has 0 aliphatic rings. The summed E-state index contributed by atoms with van der Waals surface area (Å²) in [4.78, 5) is 47.1. The van der Waals surface area contributed by atoms with E-state index < -0.39 is 24.1 Å². The maximum atomic E-state index is 13.7. The molecule has 254 valence electrons. The lowest BCUT2D eigenvalue weighted by atomic mass is 9.90. The summed E-state index contributed by atoms with van der Waals surface area (Å²) >= 11 is 0. The highest BCUT2D eigenvalue weighted by Crippen LogP contribution is 2.25. The zero-order valence-corrected chi connectivity index (χ0v) is 25.8. The number of aromatic amines is 1. The number of carbonyl (C=O) groups is 3. The number of hydrogen-bond acceptors (Lipinski definition) is 6. The number of carbonyl (C=O) groups excluding carboxylic acids is 2. The van der Waals surface area contributed by atoms with E-state index in [1.807, 2.05) is 84.9 Å². The van der Waals surface area contributed by atoms with Crippen molar-refractivity contribution in [2.24, 2.45) is 16.5 Å². The molecular weight excluding hydrogens is 629 g/mol. The van der Waals surface area contributed by atoms with Gasteiger partial charge in [0.05, 0.1) is 5.92 Å². The van der Waals surface area contributed by atoms with Gasteiger partial charge in [0, 0.05) is 32.0 Å².